The molecule has 2 unspecified atom stereocenters. The van der Waals surface area contributed by atoms with E-state index >= 15 is 4.39 Å². The largest absolute Gasteiger partial charge is 0.394 e. The number of amides is 1. The summed E-state index contributed by atoms with van der Waals surface area (Å²) >= 11 is 0. The number of alkyl halides is 3. The molecule has 0 fully saturated rings. The molecule has 0 aliphatic heterocycles. The average Bonchev–Trinajstić information content (AvgIpc) is 2.43. The Morgan fingerprint density at radius 1 is 1.33 bits per heavy atom. The highest BCUT2D eigenvalue weighted by atomic mass is 32.2. The van der Waals surface area contributed by atoms with E-state index in [1.165, 1.54) is 23.5 Å². The number of hydrogen-bond donors (Lipinski definition) is 2. The average molecular weight is 325 g/mol. The molecule has 2 N–H and O–H groups in total. The van der Waals surface area contributed by atoms with Crippen LogP contribution < -0.4 is 5.32 Å². The van der Waals surface area contributed by atoms with Crippen LogP contribution in [-0.2, 0) is 19.6 Å². The van der Waals surface area contributed by atoms with Crippen LogP contribution in [0.2, 0.25) is 0 Å². The molecule has 0 bridgehead atoms. The van der Waals surface area contributed by atoms with E-state index in [1.54, 1.807) is 0 Å². The molecule has 9 heteroatoms. The second-order valence-electron chi connectivity index (χ2n) is 4.33. The molecule has 2 atom stereocenters. The van der Waals surface area contributed by atoms with Crippen molar-refractivity contribution < 1.29 is 31.5 Å². The van der Waals surface area contributed by atoms with Crippen LogP contribution in [0.5, 0.6) is 0 Å². The van der Waals surface area contributed by atoms with E-state index in [9.17, 15) is 22.0 Å². The lowest BCUT2D eigenvalue weighted by molar-refractivity contribution is -0.133. The lowest BCUT2D eigenvalue weighted by Crippen LogP contribution is -2.55. The standard InChI is InChI=1S/C12H14F3NO4S/c1-21(19,20)12(15,8-5-3-2-4-6-8)9(7-17)16-11(18)10(13)14/h2-6,9-10,17H,7H2,1H3,(H,16,18). The number of nitrogens with one attached hydrogen (secondary N) is 1. The van der Waals surface area contributed by atoms with Crippen molar-refractivity contribution in [1.82, 2.24) is 5.32 Å². The third kappa shape index (κ3) is 3.53. The molecule has 1 aromatic carbocycles. The first-order chi connectivity index (χ1) is 9.64. The first-order valence-corrected chi connectivity index (χ1v) is 7.67. The van der Waals surface area contributed by atoms with Gasteiger partial charge in [0.15, 0.2) is 9.84 Å². The smallest absolute Gasteiger partial charge is 0.315 e. The van der Waals surface area contributed by atoms with E-state index in [1.807, 2.05) is 0 Å². The van der Waals surface area contributed by atoms with Crippen LogP contribution in [0, 0.1) is 0 Å². The van der Waals surface area contributed by atoms with E-state index < -0.39 is 39.8 Å². The number of aliphatic hydroxyl groups is 1. The summed E-state index contributed by atoms with van der Waals surface area (Å²) in [6.07, 6.45) is -2.91. The molecule has 0 saturated heterocycles. The lowest BCUT2D eigenvalue weighted by Gasteiger charge is -2.32. The number of benzene rings is 1. The Bertz CT molecular complexity index is 594. The molecule has 0 radical (unpaired) electrons. The third-order valence-electron chi connectivity index (χ3n) is 2.85. The molecular weight excluding hydrogens is 311 g/mol. The predicted molar refractivity (Wildman–Crippen MR) is 69.1 cm³/mol. The van der Waals surface area contributed by atoms with Gasteiger partial charge in [0, 0.05) is 11.8 Å². The van der Waals surface area contributed by atoms with E-state index in [0.717, 1.165) is 12.1 Å². The van der Waals surface area contributed by atoms with Crippen molar-refractivity contribution in [3.8, 4) is 0 Å². The number of sulfone groups is 1. The number of rotatable bonds is 6. The SMILES string of the molecule is CS(=O)(=O)C(F)(c1ccccc1)C(CO)NC(=O)C(F)F. The number of carbonyl (C=O) groups is 1. The first kappa shape index (κ1) is 17.4. The number of hydrogen-bond acceptors (Lipinski definition) is 4. The van der Waals surface area contributed by atoms with E-state index in [4.69, 9.17) is 5.11 Å². The summed E-state index contributed by atoms with van der Waals surface area (Å²) < 4.78 is 63.2. The van der Waals surface area contributed by atoms with Gasteiger partial charge >= 0.3 is 6.43 Å². The molecule has 0 spiro atoms. The van der Waals surface area contributed by atoms with Crippen LogP contribution >= 0.6 is 0 Å². The summed E-state index contributed by atoms with van der Waals surface area (Å²) in [7, 11) is -4.49. The van der Waals surface area contributed by atoms with Gasteiger partial charge in [0.2, 0.25) is 0 Å². The van der Waals surface area contributed by atoms with Crippen molar-refractivity contribution in [3.05, 3.63) is 35.9 Å². The van der Waals surface area contributed by atoms with E-state index in [-0.39, 0.29) is 5.56 Å². The Balaban J connectivity index is 3.34. The van der Waals surface area contributed by atoms with Gasteiger partial charge in [0.25, 0.3) is 10.9 Å². The van der Waals surface area contributed by atoms with Crippen LogP contribution in [0.4, 0.5) is 13.2 Å². The Hall–Kier alpha value is -1.61. The maximum absolute atomic E-state index is 15.1. The normalized spacial score (nSPS) is 16.3. The third-order valence-corrected chi connectivity index (χ3v) is 4.45. The fourth-order valence-corrected chi connectivity index (χ4v) is 3.04. The van der Waals surface area contributed by atoms with Crippen LogP contribution in [0.3, 0.4) is 0 Å². The molecule has 1 aromatic rings. The molecule has 118 valence electrons. The summed E-state index contributed by atoms with van der Waals surface area (Å²) in [6, 6.07) is 4.38. The number of halogens is 3. The van der Waals surface area contributed by atoms with E-state index in [0.29, 0.717) is 6.26 Å². The summed E-state index contributed by atoms with van der Waals surface area (Å²) in [5.41, 5.74) is -0.374. The van der Waals surface area contributed by atoms with Crippen molar-refractivity contribution in [2.24, 2.45) is 0 Å². The Morgan fingerprint density at radius 2 is 1.86 bits per heavy atom. The molecule has 1 rings (SSSR count). The van der Waals surface area contributed by atoms with Gasteiger partial charge in [-0.15, -0.1) is 0 Å². The lowest BCUT2D eigenvalue weighted by atomic mass is 10.0. The zero-order chi connectivity index (χ0) is 16.3. The first-order valence-electron chi connectivity index (χ1n) is 5.78. The fraction of sp³-hybridized carbons (Fsp3) is 0.417. The minimum atomic E-state index is -4.49. The second kappa shape index (κ2) is 6.44. The van der Waals surface area contributed by atoms with Gasteiger partial charge in [0.05, 0.1) is 6.61 Å². The zero-order valence-electron chi connectivity index (χ0n) is 11.0. The van der Waals surface area contributed by atoms with Crippen LogP contribution in [0.1, 0.15) is 5.56 Å². The molecule has 0 heterocycles. The van der Waals surface area contributed by atoms with Gasteiger partial charge < -0.3 is 10.4 Å². The Kier molecular flexibility index (Phi) is 5.35. The summed E-state index contributed by atoms with van der Waals surface area (Å²) in [5.74, 6) is -1.87. The van der Waals surface area contributed by atoms with Crippen LogP contribution in [-0.4, -0.2) is 44.8 Å². The summed E-state index contributed by atoms with van der Waals surface area (Å²) in [4.78, 5) is 11.0. The maximum atomic E-state index is 15.1. The maximum Gasteiger partial charge on any atom is 0.315 e. The Morgan fingerprint density at radius 3 is 2.24 bits per heavy atom. The second-order valence-corrected chi connectivity index (χ2v) is 6.47. The molecule has 0 aliphatic rings. The molecule has 0 saturated carbocycles. The fourth-order valence-electron chi connectivity index (χ4n) is 1.83. The van der Waals surface area contributed by atoms with Crippen molar-refractivity contribution in [2.45, 2.75) is 17.5 Å². The molecule has 0 aliphatic carbocycles. The van der Waals surface area contributed by atoms with Crippen molar-refractivity contribution in [3.63, 3.8) is 0 Å². The highest BCUT2D eigenvalue weighted by molar-refractivity contribution is 7.91. The highest BCUT2D eigenvalue weighted by Crippen LogP contribution is 2.35. The number of aliphatic hydroxyl groups excluding tert-OH is 1. The van der Waals surface area contributed by atoms with Crippen molar-refractivity contribution >= 4 is 15.7 Å². The van der Waals surface area contributed by atoms with Crippen LogP contribution in [0.15, 0.2) is 30.3 Å². The van der Waals surface area contributed by atoms with Gasteiger partial charge in [-0.1, -0.05) is 30.3 Å². The monoisotopic (exact) mass is 325 g/mol. The summed E-state index contributed by atoms with van der Waals surface area (Å²) in [6.45, 7) is -1.17. The molecule has 21 heavy (non-hydrogen) atoms. The Labute approximate surface area is 119 Å². The molecule has 0 aromatic heterocycles. The number of carbonyl (C=O) groups excluding carboxylic acids is 1. The molecule has 5 nitrogen and oxygen atoms in total. The van der Waals surface area contributed by atoms with Gasteiger partial charge in [-0.3, -0.25) is 4.79 Å². The summed E-state index contributed by atoms with van der Waals surface area (Å²) in [5, 5.41) is 7.44. The molecular formula is C12H14F3NO4S. The van der Waals surface area contributed by atoms with Crippen LogP contribution in [0.25, 0.3) is 0 Å². The minimum absolute atomic E-state index is 0.374. The quantitative estimate of drug-likeness (QED) is 0.802. The zero-order valence-corrected chi connectivity index (χ0v) is 11.8. The van der Waals surface area contributed by atoms with Gasteiger partial charge in [-0.2, -0.15) is 8.78 Å². The predicted octanol–water partition coefficient (Wildman–Crippen LogP) is 0.596. The molecule has 1 amide bonds. The minimum Gasteiger partial charge on any atom is -0.394 e. The van der Waals surface area contributed by atoms with Crippen molar-refractivity contribution in [1.29, 1.82) is 0 Å². The van der Waals surface area contributed by atoms with Gasteiger partial charge in [-0.05, 0) is 0 Å². The topological polar surface area (TPSA) is 83.5 Å². The van der Waals surface area contributed by atoms with Crippen molar-refractivity contribution in [2.75, 3.05) is 12.9 Å². The highest BCUT2D eigenvalue weighted by Gasteiger charge is 2.51. The van der Waals surface area contributed by atoms with Gasteiger partial charge in [-0.25, -0.2) is 12.8 Å². The van der Waals surface area contributed by atoms with E-state index in [2.05, 4.69) is 0 Å². The van der Waals surface area contributed by atoms with Gasteiger partial charge in [0.1, 0.15) is 6.04 Å².